The zero-order chi connectivity index (χ0) is 11.4. The van der Waals surface area contributed by atoms with Crippen molar-refractivity contribution < 1.29 is 9.84 Å². The van der Waals surface area contributed by atoms with Gasteiger partial charge in [0.25, 0.3) is 0 Å². The van der Waals surface area contributed by atoms with Crippen molar-refractivity contribution in [2.24, 2.45) is 0 Å². The largest absolute Gasteiger partial charge is 0.390 e. The van der Waals surface area contributed by atoms with Crippen LogP contribution in [0.15, 0.2) is 24.5 Å². The van der Waals surface area contributed by atoms with Crippen molar-refractivity contribution >= 4 is 0 Å². The summed E-state index contributed by atoms with van der Waals surface area (Å²) >= 11 is 0. The summed E-state index contributed by atoms with van der Waals surface area (Å²) in [6.07, 6.45) is 6.36. The lowest BCUT2D eigenvalue weighted by Gasteiger charge is -2.30. The molecule has 0 bridgehead atoms. The fourth-order valence-electron chi connectivity index (χ4n) is 2.22. The van der Waals surface area contributed by atoms with E-state index in [-0.39, 0.29) is 12.0 Å². The van der Waals surface area contributed by atoms with Crippen molar-refractivity contribution in [3.8, 4) is 0 Å². The smallest absolute Gasteiger partial charge is 0.0867 e. The molecule has 3 heteroatoms. The standard InChI is InChI=1S/C13H19NO2/c1-10(11-5-7-14-8-6-11)13(15)12-4-2-3-9-16-12/h5-8,10,12-13,15H,2-4,9H2,1H3. The van der Waals surface area contributed by atoms with Gasteiger partial charge in [-0.3, -0.25) is 4.98 Å². The van der Waals surface area contributed by atoms with E-state index in [1.54, 1.807) is 12.4 Å². The Bertz CT molecular complexity index is 309. The second-order valence-corrected chi connectivity index (χ2v) is 4.46. The van der Waals surface area contributed by atoms with Gasteiger partial charge in [0.1, 0.15) is 0 Å². The molecule has 1 N–H and O–H groups in total. The molecular formula is C13H19NO2. The Kier molecular flexibility index (Phi) is 3.91. The maximum absolute atomic E-state index is 10.3. The van der Waals surface area contributed by atoms with E-state index in [9.17, 15) is 5.11 Å². The molecule has 0 saturated carbocycles. The highest BCUT2D eigenvalue weighted by Crippen LogP contribution is 2.26. The summed E-state index contributed by atoms with van der Waals surface area (Å²) in [6, 6.07) is 3.91. The highest BCUT2D eigenvalue weighted by molar-refractivity contribution is 5.16. The molecule has 2 heterocycles. The maximum Gasteiger partial charge on any atom is 0.0867 e. The normalized spacial score (nSPS) is 25.0. The number of aromatic nitrogens is 1. The Morgan fingerprint density at radius 2 is 2.12 bits per heavy atom. The SMILES string of the molecule is CC(c1ccncc1)C(O)C1CCCCO1. The molecule has 2 rings (SSSR count). The number of aliphatic hydroxyl groups is 1. The van der Waals surface area contributed by atoms with E-state index >= 15 is 0 Å². The molecule has 0 aliphatic carbocycles. The molecule has 0 spiro atoms. The quantitative estimate of drug-likeness (QED) is 0.850. The monoisotopic (exact) mass is 221 g/mol. The summed E-state index contributed by atoms with van der Waals surface area (Å²) in [4.78, 5) is 3.99. The average Bonchev–Trinajstić information content (AvgIpc) is 2.39. The van der Waals surface area contributed by atoms with Crippen LogP contribution < -0.4 is 0 Å². The minimum absolute atomic E-state index is 0.00286. The van der Waals surface area contributed by atoms with Gasteiger partial charge in [-0.1, -0.05) is 6.92 Å². The summed E-state index contributed by atoms with van der Waals surface area (Å²) in [6.45, 7) is 2.82. The first-order valence-electron chi connectivity index (χ1n) is 5.98. The van der Waals surface area contributed by atoms with Crippen LogP contribution in [-0.2, 0) is 4.74 Å². The van der Waals surface area contributed by atoms with Gasteiger partial charge in [-0.05, 0) is 37.0 Å². The van der Waals surface area contributed by atoms with Gasteiger partial charge in [-0.15, -0.1) is 0 Å². The van der Waals surface area contributed by atoms with Crippen LogP contribution >= 0.6 is 0 Å². The lowest BCUT2D eigenvalue weighted by molar-refractivity contribution is -0.0693. The van der Waals surface area contributed by atoms with E-state index < -0.39 is 6.10 Å². The second-order valence-electron chi connectivity index (χ2n) is 4.46. The predicted octanol–water partition coefficient (Wildman–Crippen LogP) is 2.12. The van der Waals surface area contributed by atoms with Crippen LogP contribution in [-0.4, -0.2) is 28.9 Å². The molecule has 1 saturated heterocycles. The number of rotatable bonds is 3. The molecule has 3 nitrogen and oxygen atoms in total. The Hall–Kier alpha value is -0.930. The van der Waals surface area contributed by atoms with Gasteiger partial charge >= 0.3 is 0 Å². The molecule has 3 unspecified atom stereocenters. The lowest BCUT2D eigenvalue weighted by atomic mass is 9.90. The molecule has 1 fully saturated rings. The van der Waals surface area contributed by atoms with E-state index in [2.05, 4.69) is 4.98 Å². The topological polar surface area (TPSA) is 42.4 Å². The summed E-state index contributed by atoms with van der Waals surface area (Å²) in [5.74, 6) is 0.103. The van der Waals surface area contributed by atoms with Gasteiger partial charge in [0.2, 0.25) is 0 Å². The molecule has 3 atom stereocenters. The molecule has 16 heavy (non-hydrogen) atoms. The first-order chi connectivity index (χ1) is 7.79. The molecule has 1 aliphatic rings. The average molecular weight is 221 g/mol. The van der Waals surface area contributed by atoms with E-state index in [1.807, 2.05) is 19.1 Å². The van der Waals surface area contributed by atoms with Crippen molar-refractivity contribution in [2.75, 3.05) is 6.61 Å². The molecule has 88 valence electrons. The van der Waals surface area contributed by atoms with Crippen LogP contribution in [0.1, 0.15) is 37.7 Å². The number of nitrogens with zero attached hydrogens (tertiary/aromatic N) is 1. The molecule has 0 aromatic carbocycles. The van der Waals surface area contributed by atoms with E-state index in [0.29, 0.717) is 0 Å². The van der Waals surface area contributed by atoms with E-state index in [1.165, 1.54) is 0 Å². The van der Waals surface area contributed by atoms with Crippen LogP contribution in [0, 0.1) is 0 Å². The van der Waals surface area contributed by atoms with Crippen LogP contribution in [0.4, 0.5) is 0 Å². The van der Waals surface area contributed by atoms with E-state index in [0.717, 1.165) is 31.4 Å². The van der Waals surface area contributed by atoms with Gasteiger partial charge in [-0.25, -0.2) is 0 Å². The van der Waals surface area contributed by atoms with Crippen LogP contribution in [0.3, 0.4) is 0 Å². The minimum atomic E-state index is -0.414. The summed E-state index contributed by atoms with van der Waals surface area (Å²) in [7, 11) is 0. The molecule has 1 aromatic heterocycles. The zero-order valence-electron chi connectivity index (χ0n) is 9.67. The van der Waals surface area contributed by atoms with Gasteiger partial charge in [0.05, 0.1) is 12.2 Å². The van der Waals surface area contributed by atoms with Gasteiger partial charge < -0.3 is 9.84 Å². The fraction of sp³-hybridized carbons (Fsp3) is 0.615. The number of hydrogen-bond acceptors (Lipinski definition) is 3. The Balaban J connectivity index is 2.00. The van der Waals surface area contributed by atoms with Gasteiger partial charge in [-0.2, -0.15) is 0 Å². The van der Waals surface area contributed by atoms with Crippen molar-refractivity contribution in [1.82, 2.24) is 4.98 Å². The third-order valence-corrected chi connectivity index (χ3v) is 3.34. The van der Waals surface area contributed by atoms with E-state index in [4.69, 9.17) is 4.74 Å². The van der Waals surface area contributed by atoms with Crippen LogP contribution in [0.2, 0.25) is 0 Å². The number of pyridine rings is 1. The summed E-state index contributed by atoms with van der Waals surface area (Å²) in [5.41, 5.74) is 1.12. The van der Waals surface area contributed by atoms with Crippen molar-refractivity contribution in [1.29, 1.82) is 0 Å². The third-order valence-electron chi connectivity index (χ3n) is 3.34. The summed E-state index contributed by atoms with van der Waals surface area (Å²) < 4.78 is 5.62. The second kappa shape index (κ2) is 5.41. The lowest BCUT2D eigenvalue weighted by Crippen LogP contribution is -2.35. The molecule has 0 amide bonds. The number of hydrogen-bond donors (Lipinski definition) is 1. The number of ether oxygens (including phenoxy) is 1. The van der Waals surface area contributed by atoms with Gasteiger partial charge in [0, 0.05) is 24.9 Å². The first kappa shape index (κ1) is 11.6. The Labute approximate surface area is 96.5 Å². The van der Waals surface area contributed by atoms with Crippen molar-refractivity contribution in [3.05, 3.63) is 30.1 Å². The zero-order valence-corrected chi connectivity index (χ0v) is 9.67. The summed E-state index contributed by atoms with van der Waals surface area (Å²) in [5, 5.41) is 10.3. The van der Waals surface area contributed by atoms with Crippen molar-refractivity contribution in [2.45, 2.75) is 44.3 Å². The molecule has 0 radical (unpaired) electrons. The Morgan fingerprint density at radius 3 is 2.75 bits per heavy atom. The Morgan fingerprint density at radius 1 is 1.38 bits per heavy atom. The minimum Gasteiger partial charge on any atom is -0.390 e. The molecule has 1 aliphatic heterocycles. The van der Waals surface area contributed by atoms with Gasteiger partial charge in [0.15, 0.2) is 0 Å². The molecular weight excluding hydrogens is 202 g/mol. The predicted molar refractivity (Wildman–Crippen MR) is 62.2 cm³/mol. The first-order valence-corrected chi connectivity index (χ1v) is 5.98. The molecule has 1 aromatic rings. The number of aliphatic hydroxyl groups excluding tert-OH is 1. The highest BCUT2D eigenvalue weighted by Gasteiger charge is 2.27. The fourth-order valence-corrected chi connectivity index (χ4v) is 2.22. The van der Waals surface area contributed by atoms with Crippen LogP contribution in [0.5, 0.6) is 0 Å². The van der Waals surface area contributed by atoms with Crippen molar-refractivity contribution in [3.63, 3.8) is 0 Å². The van der Waals surface area contributed by atoms with Crippen LogP contribution in [0.25, 0.3) is 0 Å². The third kappa shape index (κ3) is 2.60. The highest BCUT2D eigenvalue weighted by atomic mass is 16.5. The maximum atomic E-state index is 10.3.